The van der Waals surface area contributed by atoms with Gasteiger partial charge in [0.2, 0.25) is 5.91 Å². The Labute approximate surface area is 97.8 Å². The molecule has 4 heteroatoms. The first-order valence-electron chi connectivity index (χ1n) is 6.43. The largest absolute Gasteiger partial charge is 0.341 e. The fourth-order valence-electron chi connectivity index (χ4n) is 2.73. The molecule has 1 heterocycles. The van der Waals surface area contributed by atoms with Gasteiger partial charge in [0.25, 0.3) is 0 Å². The van der Waals surface area contributed by atoms with Crippen molar-refractivity contribution in [2.45, 2.75) is 44.7 Å². The molecule has 0 aromatic carbocycles. The average molecular weight is 225 g/mol. The number of rotatable bonds is 4. The number of hydrogen-bond acceptors (Lipinski definition) is 3. The van der Waals surface area contributed by atoms with Crippen LogP contribution in [-0.4, -0.2) is 54.0 Å². The average Bonchev–Trinajstić information content (AvgIpc) is 3.10. The molecule has 16 heavy (non-hydrogen) atoms. The van der Waals surface area contributed by atoms with Crippen LogP contribution in [0.15, 0.2) is 0 Å². The van der Waals surface area contributed by atoms with Gasteiger partial charge in [-0.05, 0) is 25.7 Å². The molecule has 2 rings (SSSR count). The molecule has 2 N–H and O–H groups in total. The minimum Gasteiger partial charge on any atom is -0.341 e. The maximum Gasteiger partial charge on any atom is 0.219 e. The zero-order chi connectivity index (χ0) is 11.5. The van der Waals surface area contributed by atoms with Crippen LogP contribution in [0.1, 0.15) is 32.6 Å². The fraction of sp³-hybridized carbons (Fsp3) is 0.917. The molecule has 92 valence electrons. The van der Waals surface area contributed by atoms with Gasteiger partial charge in [0.15, 0.2) is 0 Å². The lowest BCUT2D eigenvalue weighted by Gasteiger charge is -2.39. The van der Waals surface area contributed by atoms with Crippen molar-refractivity contribution in [3.8, 4) is 0 Å². The first kappa shape index (κ1) is 11.9. The lowest BCUT2D eigenvalue weighted by atomic mass is 10.0. The smallest absolute Gasteiger partial charge is 0.219 e. The van der Waals surface area contributed by atoms with E-state index in [1.165, 1.54) is 19.3 Å². The second kappa shape index (κ2) is 5.15. The van der Waals surface area contributed by atoms with Crippen LogP contribution in [0.3, 0.4) is 0 Å². The molecular formula is C12H23N3O. The van der Waals surface area contributed by atoms with E-state index in [2.05, 4.69) is 4.90 Å². The fourth-order valence-corrected chi connectivity index (χ4v) is 2.73. The summed E-state index contributed by atoms with van der Waals surface area (Å²) >= 11 is 0. The molecule has 4 nitrogen and oxygen atoms in total. The van der Waals surface area contributed by atoms with E-state index < -0.39 is 0 Å². The summed E-state index contributed by atoms with van der Waals surface area (Å²) in [5, 5.41) is 0. The molecule has 1 unspecified atom stereocenters. The van der Waals surface area contributed by atoms with E-state index in [4.69, 9.17) is 5.73 Å². The molecular weight excluding hydrogens is 202 g/mol. The summed E-state index contributed by atoms with van der Waals surface area (Å²) in [7, 11) is 0. The van der Waals surface area contributed by atoms with Crippen molar-refractivity contribution in [1.29, 1.82) is 0 Å². The minimum atomic E-state index is 0.216. The van der Waals surface area contributed by atoms with Crippen molar-refractivity contribution in [2.75, 3.05) is 26.2 Å². The van der Waals surface area contributed by atoms with Crippen molar-refractivity contribution in [1.82, 2.24) is 9.80 Å². The lowest BCUT2D eigenvalue weighted by Crippen LogP contribution is -2.51. The summed E-state index contributed by atoms with van der Waals surface area (Å²) in [5.41, 5.74) is 5.67. The Morgan fingerprint density at radius 2 is 2.12 bits per heavy atom. The highest BCUT2D eigenvalue weighted by Gasteiger charge is 2.35. The van der Waals surface area contributed by atoms with E-state index in [0.29, 0.717) is 6.04 Å². The Morgan fingerprint density at radius 3 is 2.69 bits per heavy atom. The van der Waals surface area contributed by atoms with Crippen LogP contribution in [-0.2, 0) is 4.79 Å². The third-order valence-electron chi connectivity index (χ3n) is 3.71. The molecule has 1 saturated heterocycles. The Balaban J connectivity index is 1.93. The summed E-state index contributed by atoms with van der Waals surface area (Å²) < 4.78 is 0. The number of likely N-dealkylation sites (tertiary alicyclic amines) is 1. The van der Waals surface area contributed by atoms with Crippen LogP contribution in [0.5, 0.6) is 0 Å². The summed E-state index contributed by atoms with van der Waals surface area (Å²) in [6, 6.07) is 1.30. The Bertz CT molecular complexity index is 253. The number of nitrogens with two attached hydrogens (primary N) is 1. The van der Waals surface area contributed by atoms with Crippen LogP contribution in [0.2, 0.25) is 0 Å². The predicted molar refractivity (Wildman–Crippen MR) is 64.1 cm³/mol. The van der Waals surface area contributed by atoms with Gasteiger partial charge >= 0.3 is 0 Å². The van der Waals surface area contributed by atoms with Gasteiger partial charge in [-0.15, -0.1) is 0 Å². The zero-order valence-corrected chi connectivity index (χ0v) is 10.2. The van der Waals surface area contributed by atoms with Gasteiger partial charge < -0.3 is 10.6 Å². The molecule has 0 aromatic rings. The van der Waals surface area contributed by atoms with E-state index in [1.807, 2.05) is 4.90 Å². The van der Waals surface area contributed by atoms with Gasteiger partial charge in [0.05, 0.1) is 0 Å². The summed E-state index contributed by atoms with van der Waals surface area (Å²) in [6.07, 6.45) is 4.99. The van der Waals surface area contributed by atoms with Gasteiger partial charge in [-0.1, -0.05) is 0 Å². The molecule has 1 saturated carbocycles. The number of carbonyl (C=O) groups is 1. The number of amides is 1. The standard InChI is InChI=1S/C12H23N3O/c1-10(16)14-7-2-3-12(9-14)15(8-6-13)11-4-5-11/h11-12H,2-9,13H2,1H3. The van der Waals surface area contributed by atoms with Crippen molar-refractivity contribution < 1.29 is 4.79 Å². The normalized spacial score (nSPS) is 26.2. The van der Waals surface area contributed by atoms with Crippen molar-refractivity contribution >= 4 is 5.91 Å². The Morgan fingerprint density at radius 1 is 1.38 bits per heavy atom. The highest BCUT2D eigenvalue weighted by molar-refractivity contribution is 5.73. The summed E-state index contributed by atoms with van der Waals surface area (Å²) in [4.78, 5) is 15.9. The Kier molecular flexibility index (Phi) is 3.82. The maximum atomic E-state index is 11.4. The topological polar surface area (TPSA) is 49.6 Å². The lowest BCUT2D eigenvalue weighted by molar-refractivity contribution is -0.131. The molecule has 1 aliphatic heterocycles. The van der Waals surface area contributed by atoms with Crippen molar-refractivity contribution in [3.05, 3.63) is 0 Å². The minimum absolute atomic E-state index is 0.216. The van der Waals surface area contributed by atoms with E-state index in [9.17, 15) is 4.79 Å². The number of nitrogens with zero attached hydrogens (tertiary/aromatic N) is 2. The summed E-state index contributed by atoms with van der Waals surface area (Å²) in [6.45, 7) is 5.24. The molecule has 1 atom stereocenters. The zero-order valence-electron chi connectivity index (χ0n) is 10.2. The van der Waals surface area contributed by atoms with Gasteiger partial charge in [-0.3, -0.25) is 9.69 Å². The highest BCUT2D eigenvalue weighted by atomic mass is 16.2. The second-order valence-electron chi connectivity index (χ2n) is 5.02. The third-order valence-corrected chi connectivity index (χ3v) is 3.71. The van der Waals surface area contributed by atoms with E-state index in [1.54, 1.807) is 6.92 Å². The highest BCUT2D eigenvalue weighted by Crippen LogP contribution is 2.30. The van der Waals surface area contributed by atoms with Gasteiger partial charge in [-0.25, -0.2) is 0 Å². The van der Waals surface area contributed by atoms with Crippen LogP contribution in [0, 0.1) is 0 Å². The molecule has 0 bridgehead atoms. The van der Waals surface area contributed by atoms with Gasteiger partial charge in [0.1, 0.15) is 0 Å². The molecule has 0 radical (unpaired) electrons. The third kappa shape index (κ3) is 2.74. The van der Waals surface area contributed by atoms with Crippen LogP contribution in [0.25, 0.3) is 0 Å². The van der Waals surface area contributed by atoms with Crippen LogP contribution < -0.4 is 5.73 Å². The number of hydrogen-bond donors (Lipinski definition) is 1. The monoisotopic (exact) mass is 225 g/mol. The van der Waals surface area contributed by atoms with E-state index in [0.717, 1.165) is 38.6 Å². The first-order chi connectivity index (χ1) is 7.72. The quantitative estimate of drug-likeness (QED) is 0.754. The molecule has 2 fully saturated rings. The number of carbonyl (C=O) groups excluding carboxylic acids is 1. The van der Waals surface area contributed by atoms with Crippen LogP contribution in [0.4, 0.5) is 0 Å². The van der Waals surface area contributed by atoms with Crippen LogP contribution >= 0.6 is 0 Å². The first-order valence-corrected chi connectivity index (χ1v) is 6.43. The van der Waals surface area contributed by atoms with E-state index >= 15 is 0 Å². The van der Waals surface area contributed by atoms with Gasteiger partial charge in [-0.2, -0.15) is 0 Å². The molecule has 0 spiro atoms. The SMILES string of the molecule is CC(=O)N1CCCC(N(CCN)C2CC2)C1. The maximum absolute atomic E-state index is 11.4. The summed E-state index contributed by atoms with van der Waals surface area (Å²) in [5.74, 6) is 0.216. The van der Waals surface area contributed by atoms with Crippen molar-refractivity contribution in [3.63, 3.8) is 0 Å². The molecule has 0 aromatic heterocycles. The van der Waals surface area contributed by atoms with E-state index in [-0.39, 0.29) is 5.91 Å². The number of piperidine rings is 1. The predicted octanol–water partition coefficient (Wildman–Crippen LogP) is 0.420. The molecule has 2 aliphatic rings. The Hall–Kier alpha value is -0.610. The molecule has 1 amide bonds. The van der Waals surface area contributed by atoms with Crippen molar-refractivity contribution in [2.24, 2.45) is 5.73 Å². The van der Waals surface area contributed by atoms with Gasteiger partial charge in [0, 0.05) is 45.2 Å². The second-order valence-corrected chi connectivity index (χ2v) is 5.02. The molecule has 1 aliphatic carbocycles.